The molecular formula is C17H23ClN2O3. The highest BCUT2D eigenvalue weighted by Gasteiger charge is 2.26. The number of alkyl carbamates (subject to hydrolysis) is 1. The predicted octanol–water partition coefficient (Wildman–Crippen LogP) is 3.50. The van der Waals surface area contributed by atoms with Crippen LogP contribution in [0.2, 0.25) is 5.02 Å². The van der Waals surface area contributed by atoms with Gasteiger partial charge in [-0.15, -0.1) is 0 Å². The summed E-state index contributed by atoms with van der Waals surface area (Å²) in [4.78, 5) is 25.0. The lowest BCUT2D eigenvalue weighted by atomic mass is 10.1. The summed E-state index contributed by atoms with van der Waals surface area (Å²) in [5.74, 6) is 0.304. The summed E-state index contributed by atoms with van der Waals surface area (Å²) in [7, 11) is 0. The number of nitrogens with zero attached hydrogens (tertiary/aromatic N) is 1. The summed E-state index contributed by atoms with van der Waals surface area (Å²) in [5, 5.41) is 3.39. The van der Waals surface area contributed by atoms with Crippen molar-refractivity contribution >= 4 is 29.7 Å². The van der Waals surface area contributed by atoms with E-state index in [0.717, 1.165) is 31.5 Å². The number of amides is 1. The number of nitrogens with one attached hydrogen (secondary N) is 1. The predicted molar refractivity (Wildman–Crippen MR) is 91.4 cm³/mol. The van der Waals surface area contributed by atoms with Crippen molar-refractivity contribution < 1.29 is 14.3 Å². The van der Waals surface area contributed by atoms with Crippen LogP contribution in [-0.2, 0) is 4.74 Å². The summed E-state index contributed by atoms with van der Waals surface area (Å²) >= 11 is 6.25. The average molecular weight is 339 g/mol. The fourth-order valence-corrected chi connectivity index (χ4v) is 3.01. The van der Waals surface area contributed by atoms with E-state index in [0.29, 0.717) is 23.0 Å². The van der Waals surface area contributed by atoms with Crippen molar-refractivity contribution in [1.82, 2.24) is 5.32 Å². The Morgan fingerprint density at radius 2 is 2.22 bits per heavy atom. The van der Waals surface area contributed by atoms with Crippen LogP contribution >= 0.6 is 11.6 Å². The lowest BCUT2D eigenvalue weighted by molar-refractivity contribution is 0.0520. The molecule has 126 valence electrons. The van der Waals surface area contributed by atoms with Gasteiger partial charge in [-0.3, -0.25) is 4.79 Å². The molecule has 1 saturated heterocycles. The van der Waals surface area contributed by atoms with Gasteiger partial charge in [0.05, 0.1) is 10.7 Å². The zero-order valence-corrected chi connectivity index (χ0v) is 14.5. The first kappa shape index (κ1) is 17.6. The number of rotatable bonds is 4. The summed E-state index contributed by atoms with van der Waals surface area (Å²) in [6.45, 7) is 7.62. The van der Waals surface area contributed by atoms with Crippen molar-refractivity contribution in [2.45, 2.75) is 32.8 Å². The molecule has 0 saturated carbocycles. The molecule has 6 heteroatoms. The Labute approximate surface area is 141 Å². The largest absolute Gasteiger partial charge is 0.444 e. The molecule has 1 N–H and O–H groups in total. The molecule has 0 aliphatic carbocycles. The van der Waals surface area contributed by atoms with Gasteiger partial charge in [-0.05, 0) is 45.2 Å². The van der Waals surface area contributed by atoms with Gasteiger partial charge in [0, 0.05) is 25.2 Å². The first-order valence-corrected chi connectivity index (χ1v) is 8.13. The van der Waals surface area contributed by atoms with Crippen LogP contribution in [0.15, 0.2) is 18.2 Å². The van der Waals surface area contributed by atoms with Gasteiger partial charge in [0.2, 0.25) is 0 Å². The van der Waals surface area contributed by atoms with Gasteiger partial charge in [0.1, 0.15) is 5.60 Å². The standard InChI is InChI=1S/C17H23ClN2O3/c1-17(2,3)23-16(22)19-9-12-7-8-20(10-12)15-13(11-21)5-4-6-14(15)18/h4-6,11-12H,7-10H2,1-3H3,(H,19,22)/t12-/m0/s1. The first-order chi connectivity index (χ1) is 10.8. The molecule has 0 bridgehead atoms. The smallest absolute Gasteiger partial charge is 0.407 e. The third-order valence-electron chi connectivity index (χ3n) is 3.68. The van der Waals surface area contributed by atoms with Crippen molar-refractivity contribution in [2.75, 3.05) is 24.5 Å². The van der Waals surface area contributed by atoms with E-state index in [-0.39, 0.29) is 0 Å². The normalized spacial score (nSPS) is 17.9. The van der Waals surface area contributed by atoms with Gasteiger partial charge in [0.25, 0.3) is 0 Å². The van der Waals surface area contributed by atoms with E-state index >= 15 is 0 Å². The molecule has 0 spiro atoms. The minimum Gasteiger partial charge on any atom is -0.444 e. The van der Waals surface area contributed by atoms with Crippen LogP contribution in [0.3, 0.4) is 0 Å². The minimum atomic E-state index is -0.498. The molecule has 1 aliphatic rings. The number of benzene rings is 1. The Morgan fingerprint density at radius 1 is 1.48 bits per heavy atom. The molecule has 1 aromatic rings. The maximum Gasteiger partial charge on any atom is 0.407 e. The average Bonchev–Trinajstić information content (AvgIpc) is 2.91. The van der Waals surface area contributed by atoms with E-state index in [1.54, 1.807) is 18.2 Å². The third kappa shape index (κ3) is 4.86. The number of para-hydroxylation sites is 1. The molecule has 1 aliphatic heterocycles. The van der Waals surface area contributed by atoms with Crippen molar-refractivity contribution in [3.63, 3.8) is 0 Å². The third-order valence-corrected chi connectivity index (χ3v) is 3.99. The highest BCUT2D eigenvalue weighted by Crippen LogP contribution is 2.32. The molecule has 0 radical (unpaired) electrons. The van der Waals surface area contributed by atoms with Crippen molar-refractivity contribution in [3.05, 3.63) is 28.8 Å². The van der Waals surface area contributed by atoms with Crippen LogP contribution < -0.4 is 10.2 Å². The summed E-state index contributed by atoms with van der Waals surface area (Å²) in [6, 6.07) is 5.32. The Hall–Kier alpha value is -1.75. The molecule has 1 aromatic carbocycles. The fourth-order valence-electron chi connectivity index (χ4n) is 2.70. The van der Waals surface area contributed by atoms with Gasteiger partial charge in [-0.2, -0.15) is 0 Å². The van der Waals surface area contributed by atoms with E-state index in [1.165, 1.54) is 0 Å². The van der Waals surface area contributed by atoms with E-state index in [9.17, 15) is 9.59 Å². The summed E-state index contributed by atoms with van der Waals surface area (Å²) in [5.41, 5.74) is 0.879. The van der Waals surface area contributed by atoms with E-state index < -0.39 is 11.7 Å². The fraction of sp³-hybridized carbons (Fsp3) is 0.529. The van der Waals surface area contributed by atoms with Crippen LogP contribution in [0.25, 0.3) is 0 Å². The van der Waals surface area contributed by atoms with Crippen LogP contribution in [0.4, 0.5) is 10.5 Å². The Kier molecular flexibility index (Phi) is 5.52. The Bertz CT molecular complexity index is 584. The second kappa shape index (κ2) is 7.21. The van der Waals surface area contributed by atoms with E-state index in [1.807, 2.05) is 20.8 Å². The molecule has 1 amide bonds. The monoisotopic (exact) mass is 338 g/mol. The van der Waals surface area contributed by atoms with Gasteiger partial charge in [-0.25, -0.2) is 4.79 Å². The van der Waals surface area contributed by atoms with Crippen LogP contribution in [0.5, 0.6) is 0 Å². The van der Waals surface area contributed by atoms with E-state index in [4.69, 9.17) is 16.3 Å². The lowest BCUT2D eigenvalue weighted by Gasteiger charge is -2.22. The van der Waals surface area contributed by atoms with Gasteiger partial charge in [0.15, 0.2) is 6.29 Å². The second-order valence-corrected chi connectivity index (χ2v) is 7.19. The first-order valence-electron chi connectivity index (χ1n) is 7.75. The quantitative estimate of drug-likeness (QED) is 0.853. The topological polar surface area (TPSA) is 58.6 Å². The summed E-state index contributed by atoms with van der Waals surface area (Å²) < 4.78 is 5.23. The van der Waals surface area contributed by atoms with E-state index in [2.05, 4.69) is 10.2 Å². The summed E-state index contributed by atoms with van der Waals surface area (Å²) in [6.07, 6.45) is 1.36. The molecule has 2 rings (SSSR count). The van der Waals surface area contributed by atoms with Crippen molar-refractivity contribution in [1.29, 1.82) is 0 Å². The Morgan fingerprint density at radius 3 is 2.87 bits per heavy atom. The zero-order valence-electron chi connectivity index (χ0n) is 13.8. The molecule has 1 heterocycles. The number of carbonyl (C=O) groups excluding carboxylic acids is 2. The van der Waals surface area contributed by atoms with Gasteiger partial charge >= 0.3 is 6.09 Å². The van der Waals surface area contributed by atoms with Crippen LogP contribution in [-0.4, -0.2) is 37.6 Å². The number of ether oxygens (including phenoxy) is 1. The number of hydrogen-bond donors (Lipinski definition) is 1. The molecule has 1 fully saturated rings. The van der Waals surface area contributed by atoms with Gasteiger partial charge in [-0.1, -0.05) is 17.7 Å². The number of anilines is 1. The van der Waals surface area contributed by atoms with Crippen LogP contribution in [0.1, 0.15) is 37.6 Å². The highest BCUT2D eigenvalue weighted by molar-refractivity contribution is 6.33. The van der Waals surface area contributed by atoms with Crippen LogP contribution in [0, 0.1) is 5.92 Å². The molecule has 23 heavy (non-hydrogen) atoms. The minimum absolute atomic E-state index is 0.304. The SMILES string of the molecule is CC(C)(C)OC(=O)NC[C@@H]1CCN(c2c(Cl)cccc2C=O)C1. The number of hydrogen-bond acceptors (Lipinski definition) is 4. The molecule has 5 nitrogen and oxygen atoms in total. The maximum absolute atomic E-state index is 11.7. The lowest BCUT2D eigenvalue weighted by Crippen LogP contribution is -2.36. The maximum atomic E-state index is 11.7. The second-order valence-electron chi connectivity index (χ2n) is 6.78. The number of carbonyl (C=O) groups is 2. The van der Waals surface area contributed by atoms with Crippen molar-refractivity contribution in [2.24, 2.45) is 5.92 Å². The molecule has 0 aromatic heterocycles. The molecule has 1 atom stereocenters. The number of aldehydes is 1. The molecule has 0 unspecified atom stereocenters. The highest BCUT2D eigenvalue weighted by atomic mass is 35.5. The number of halogens is 1. The zero-order chi connectivity index (χ0) is 17.0. The van der Waals surface area contributed by atoms with Gasteiger partial charge < -0.3 is 15.0 Å². The molecular weight excluding hydrogens is 316 g/mol. The Balaban J connectivity index is 1.92. The van der Waals surface area contributed by atoms with Crippen molar-refractivity contribution in [3.8, 4) is 0 Å².